The minimum absolute atomic E-state index is 0.128. The number of alkyl carbamates (subject to hydrolysis) is 1. The maximum atomic E-state index is 11.6. The molecule has 0 spiro atoms. The van der Waals surface area contributed by atoms with Crippen LogP contribution in [0.5, 0.6) is 0 Å². The number of aromatic nitrogens is 1. The summed E-state index contributed by atoms with van der Waals surface area (Å²) in [4.78, 5) is 15.6. The molecular weight excluding hydrogens is 318 g/mol. The number of carbonyl (C=O) groups excluding carboxylic acids is 1. The number of nitrogens with zero attached hydrogens (tertiary/aromatic N) is 1. The summed E-state index contributed by atoms with van der Waals surface area (Å²) in [6.45, 7) is 6.63. The van der Waals surface area contributed by atoms with E-state index >= 15 is 0 Å². The van der Waals surface area contributed by atoms with Crippen molar-refractivity contribution in [3.05, 3.63) is 23.5 Å². The van der Waals surface area contributed by atoms with Crippen LogP contribution in [0.2, 0.25) is 5.15 Å². The average Bonchev–Trinajstić information content (AvgIpc) is 2.44. The summed E-state index contributed by atoms with van der Waals surface area (Å²) in [5.74, 6) is 0. The van der Waals surface area contributed by atoms with E-state index < -0.39 is 11.7 Å². The van der Waals surface area contributed by atoms with Crippen LogP contribution in [0.3, 0.4) is 0 Å². The van der Waals surface area contributed by atoms with Gasteiger partial charge in [0.2, 0.25) is 0 Å². The summed E-state index contributed by atoms with van der Waals surface area (Å²) in [5, 5.41) is 6.55. The van der Waals surface area contributed by atoms with Crippen molar-refractivity contribution in [3.63, 3.8) is 0 Å². The van der Waals surface area contributed by atoms with Crippen LogP contribution in [0.15, 0.2) is 18.3 Å². The second kappa shape index (κ2) is 9.57. The highest BCUT2D eigenvalue weighted by Crippen LogP contribution is 2.13. The van der Waals surface area contributed by atoms with Gasteiger partial charge in [-0.05, 0) is 45.7 Å². The molecule has 0 aliphatic carbocycles. The number of hydrogen-bond acceptors (Lipinski definition) is 5. The van der Waals surface area contributed by atoms with E-state index in [0.717, 1.165) is 18.5 Å². The van der Waals surface area contributed by atoms with E-state index in [1.807, 2.05) is 26.8 Å². The molecule has 6 nitrogen and oxygen atoms in total. The first kappa shape index (κ1) is 19.5. The second-order valence-corrected chi connectivity index (χ2v) is 6.62. The molecule has 0 saturated carbocycles. The van der Waals surface area contributed by atoms with Crippen molar-refractivity contribution in [1.82, 2.24) is 10.3 Å². The van der Waals surface area contributed by atoms with Crippen LogP contribution in [0.25, 0.3) is 0 Å². The molecule has 1 aromatic rings. The first-order chi connectivity index (χ1) is 10.8. The predicted molar refractivity (Wildman–Crippen MR) is 92.0 cm³/mol. The highest BCUT2D eigenvalue weighted by molar-refractivity contribution is 6.29. The maximum absolute atomic E-state index is 11.6. The summed E-state index contributed by atoms with van der Waals surface area (Å²) in [7, 11) is 1.66. The number of ether oxygens (including phenoxy) is 2. The molecular formula is C16H26ClN3O3. The highest BCUT2D eigenvalue weighted by Gasteiger charge is 2.15. The third-order valence-electron chi connectivity index (χ3n) is 2.86. The Labute approximate surface area is 142 Å². The summed E-state index contributed by atoms with van der Waals surface area (Å²) < 4.78 is 10.4. The molecule has 0 saturated heterocycles. The number of methoxy groups -OCH3 is 1. The van der Waals surface area contributed by atoms with Gasteiger partial charge in [0.15, 0.2) is 0 Å². The van der Waals surface area contributed by atoms with E-state index in [0.29, 0.717) is 18.3 Å². The molecule has 0 bridgehead atoms. The van der Waals surface area contributed by atoms with Crippen molar-refractivity contribution in [2.75, 3.05) is 25.6 Å². The third-order valence-corrected chi connectivity index (χ3v) is 3.09. The topological polar surface area (TPSA) is 72.5 Å². The van der Waals surface area contributed by atoms with Crippen molar-refractivity contribution >= 4 is 23.4 Å². The zero-order valence-corrected chi connectivity index (χ0v) is 14.9. The van der Waals surface area contributed by atoms with Gasteiger partial charge in [-0.25, -0.2) is 9.78 Å². The zero-order chi connectivity index (χ0) is 17.3. The standard InChI is InChI=1S/C16H26ClN3O3/c1-16(2,3)23-15(21)18-9-5-6-13(11-22-4)20-12-7-8-14(17)19-10-12/h7-8,10,13,20H,5-6,9,11H2,1-4H3,(H,18,21). The molecule has 0 fully saturated rings. The van der Waals surface area contributed by atoms with E-state index in [1.54, 1.807) is 19.4 Å². The van der Waals surface area contributed by atoms with E-state index in [-0.39, 0.29) is 6.04 Å². The van der Waals surface area contributed by atoms with Gasteiger partial charge in [-0.1, -0.05) is 11.6 Å². The molecule has 1 aromatic heterocycles. The molecule has 0 aromatic carbocycles. The van der Waals surface area contributed by atoms with Gasteiger partial charge in [-0.2, -0.15) is 0 Å². The fraction of sp³-hybridized carbons (Fsp3) is 0.625. The normalized spacial score (nSPS) is 12.6. The zero-order valence-electron chi connectivity index (χ0n) is 14.2. The van der Waals surface area contributed by atoms with E-state index in [2.05, 4.69) is 15.6 Å². The number of hydrogen-bond donors (Lipinski definition) is 2. The summed E-state index contributed by atoms with van der Waals surface area (Å²) in [6.07, 6.45) is 2.94. The molecule has 0 aliphatic rings. The van der Waals surface area contributed by atoms with Crippen LogP contribution in [-0.2, 0) is 9.47 Å². The lowest BCUT2D eigenvalue weighted by Gasteiger charge is -2.21. The van der Waals surface area contributed by atoms with Gasteiger partial charge < -0.3 is 20.1 Å². The van der Waals surface area contributed by atoms with Crippen LogP contribution in [-0.4, -0.2) is 43.0 Å². The number of amides is 1. The number of pyridine rings is 1. The summed E-state index contributed by atoms with van der Waals surface area (Å²) >= 11 is 5.77. The summed E-state index contributed by atoms with van der Waals surface area (Å²) in [5.41, 5.74) is 0.405. The van der Waals surface area contributed by atoms with Gasteiger partial charge in [-0.3, -0.25) is 0 Å². The Morgan fingerprint density at radius 1 is 1.39 bits per heavy atom. The molecule has 1 rings (SSSR count). The Morgan fingerprint density at radius 2 is 2.13 bits per heavy atom. The minimum atomic E-state index is -0.480. The van der Waals surface area contributed by atoms with E-state index in [9.17, 15) is 4.79 Å². The Balaban J connectivity index is 2.33. The second-order valence-electron chi connectivity index (χ2n) is 6.24. The highest BCUT2D eigenvalue weighted by atomic mass is 35.5. The van der Waals surface area contributed by atoms with Gasteiger partial charge in [0.05, 0.1) is 18.5 Å². The molecule has 2 N–H and O–H groups in total. The van der Waals surface area contributed by atoms with Crippen LogP contribution in [0, 0.1) is 0 Å². The molecule has 1 atom stereocenters. The smallest absolute Gasteiger partial charge is 0.407 e. The van der Waals surface area contributed by atoms with Crippen molar-refractivity contribution < 1.29 is 14.3 Å². The number of rotatable bonds is 8. The molecule has 1 heterocycles. The van der Waals surface area contributed by atoms with Crippen molar-refractivity contribution in [3.8, 4) is 0 Å². The van der Waals surface area contributed by atoms with Gasteiger partial charge in [0.25, 0.3) is 0 Å². The first-order valence-electron chi connectivity index (χ1n) is 7.64. The minimum Gasteiger partial charge on any atom is -0.444 e. The largest absolute Gasteiger partial charge is 0.444 e. The molecule has 7 heteroatoms. The Bertz CT molecular complexity index is 474. The van der Waals surface area contributed by atoms with Gasteiger partial charge >= 0.3 is 6.09 Å². The van der Waals surface area contributed by atoms with Crippen molar-refractivity contribution in [1.29, 1.82) is 0 Å². The molecule has 1 unspecified atom stereocenters. The fourth-order valence-electron chi connectivity index (χ4n) is 1.95. The lowest BCUT2D eigenvalue weighted by molar-refractivity contribution is 0.0526. The molecule has 1 amide bonds. The van der Waals surface area contributed by atoms with Crippen LogP contribution in [0.1, 0.15) is 33.6 Å². The van der Waals surface area contributed by atoms with Crippen molar-refractivity contribution in [2.24, 2.45) is 0 Å². The molecule has 0 aliphatic heterocycles. The number of carbonyl (C=O) groups is 1. The monoisotopic (exact) mass is 343 g/mol. The van der Waals surface area contributed by atoms with Crippen molar-refractivity contribution in [2.45, 2.75) is 45.3 Å². The van der Waals surface area contributed by atoms with E-state index in [4.69, 9.17) is 21.1 Å². The third kappa shape index (κ3) is 9.25. The Morgan fingerprint density at radius 3 is 2.70 bits per heavy atom. The molecule has 23 heavy (non-hydrogen) atoms. The fourth-order valence-corrected chi connectivity index (χ4v) is 2.06. The predicted octanol–water partition coefficient (Wildman–Crippen LogP) is 3.47. The quantitative estimate of drug-likeness (QED) is 0.558. The SMILES string of the molecule is COCC(CCCNC(=O)OC(C)(C)C)Nc1ccc(Cl)nc1. The summed E-state index contributed by atoms with van der Waals surface area (Å²) in [6, 6.07) is 3.73. The lowest BCUT2D eigenvalue weighted by Crippen LogP contribution is -2.33. The first-order valence-corrected chi connectivity index (χ1v) is 8.02. The Hall–Kier alpha value is -1.53. The van der Waals surface area contributed by atoms with Crippen LogP contribution >= 0.6 is 11.6 Å². The maximum Gasteiger partial charge on any atom is 0.407 e. The number of anilines is 1. The van der Waals surface area contributed by atoms with Gasteiger partial charge in [0.1, 0.15) is 10.8 Å². The molecule has 130 valence electrons. The van der Waals surface area contributed by atoms with Crippen LogP contribution < -0.4 is 10.6 Å². The molecule has 0 radical (unpaired) electrons. The van der Waals surface area contributed by atoms with E-state index in [1.165, 1.54) is 0 Å². The van der Waals surface area contributed by atoms with Gasteiger partial charge in [-0.15, -0.1) is 0 Å². The van der Waals surface area contributed by atoms with Crippen LogP contribution in [0.4, 0.5) is 10.5 Å². The number of halogens is 1. The lowest BCUT2D eigenvalue weighted by atomic mass is 10.1. The van der Waals surface area contributed by atoms with Gasteiger partial charge in [0, 0.05) is 19.7 Å². The Kier molecular flexibility index (Phi) is 8.12. The number of nitrogens with one attached hydrogen (secondary N) is 2. The average molecular weight is 344 g/mol.